The minimum absolute atomic E-state index is 0.178. The van der Waals surface area contributed by atoms with Crippen molar-refractivity contribution in [3.63, 3.8) is 0 Å². The second kappa shape index (κ2) is 5.53. The molecule has 1 aliphatic heterocycles. The van der Waals surface area contributed by atoms with Gasteiger partial charge in [0.25, 0.3) is 0 Å². The van der Waals surface area contributed by atoms with Gasteiger partial charge in [0, 0.05) is 19.1 Å². The molecule has 16 heavy (non-hydrogen) atoms. The summed E-state index contributed by atoms with van der Waals surface area (Å²) in [6.45, 7) is 10.5. The van der Waals surface area contributed by atoms with Crippen LogP contribution in [0.5, 0.6) is 0 Å². The molecule has 0 unspecified atom stereocenters. The molecule has 1 saturated heterocycles. The Hall–Kier alpha value is -0.770. The van der Waals surface area contributed by atoms with Gasteiger partial charge in [-0.3, -0.25) is 0 Å². The highest BCUT2D eigenvalue weighted by atomic mass is 16.6. The number of hydrogen-bond donors (Lipinski definition) is 1. The lowest BCUT2D eigenvalue weighted by Crippen LogP contribution is -2.45. The third-order valence-corrected chi connectivity index (χ3v) is 2.67. The van der Waals surface area contributed by atoms with E-state index < -0.39 is 5.60 Å². The van der Waals surface area contributed by atoms with Gasteiger partial charge < -0.3 is 15.0 Å². The van der Waals surface area contributed by atoms with Crippen LogP contribution in [0, 0.1) is 0 Å². The van der Waals surface area contributed by atoms with E-state index in [1.54, 1.807) is 0 Å². The fourth-order valence-electron chi connectivity index (χ4n) is 1.86. The van der Waals surface area contributed by atoms with Crippen molar-refractivity contribution < 1.29 is 9.53 Å². The van der Waals surface area contributed by atoms with Crippen molar-refractivity contribution in [2.24, 2.45) is 0 Å². The molecule has 1 fully saturated rings. The van der Waals surface area contributed by atoms with Gasteiger partial charge in [-0.15, -0.1) is 0 Å². The van der Waals surface area contributed by atoms with Crippen LogP contribution in [0.1, 0.15) is 40.5 Å². The Bertz CT molecular complexity index is 236. The fourth-order valence-corrected chi connectivity index (χ4v) is 1.86. The Morgan fingerprint density at radius 3 is 2.75 bits per heavy atom. The highest BCUT2D eigenvalue weighted by Gasteiger charge is 2.28. The SMILES string of the molecule is CC[C@H]1CNCCCN1C(=O)OC(C)(C)C. The molecule has 1 aliphatic rings. The second-order valence-corrected chi connectivity index (χ2v) is 5.29. The lowest BCUT2D eigenvalue weighted by Gasteiger charge is -2.31. The van der Waals surface area contributed by atoms with Crippen LogP contribution in [0.3, 0.4) is 0 Å². The number of nitrogens with one attached hydrogen (secondary N) is 1. The van der Waals surface area contributed by atoms with Gasteiger partial charge in [-0.25, -0.2) is 4.79 Å². The summed E-state index contributed by atoms with van der Waals surface area (Å²) in [5.41, 5.74) is -0.408. The molecule has 1 rings (SSSR count). The maximum Gasteiger partial charge on any atom is 0.410 e. The van der Waals surface area contributed by atoms with Gasteiger partial charge >= 0.3 is 6.09 Å². The Balaban J connectivity index is 2.63. The van der Waals surface area contributed by atoms with Crippen molar-refractivity contribution in [3.05, 3.63) is 0 Å². The predicted molar refractivity (Wildman–Crippen MR) is 64.5 cm³/mol. The minimum atomic E-state index is -0.408. The van der Waals surface area contributed by atoms with Gasteiger partial charge in [0.1, 0.15) is 5.60 Å². The van der Waals surface area contributed by atoms with Crippen LogP contribution in [0.25, 0.3) is 0 Å². The Kier molecular flexibility index (Phi) is 4.59. The standard InChI is InChI=1S/C12H24N2O2/c1-5-10-9-13-7-6-8-14(10)11(15)16-12(2,3)4/h10,13H,5-9H2,1-4H3/t10-/m0/s1. The second-order valence-electron chi connectivity index (χ2n) is 5.29. The zero-order valence-electron chi connectivity index (χ0n) is 10.9. The molecule has 1 N–H and O–H groups in total. The maximum absolute atomic E-state index is 12.0. The zero-order valence-corrected chi connectivity index (χ0v) is 10.9. The van der Waals surface area contributed by atoms with Crippen LogP contribution in [0.2, 0.25) is 0 Å². The first kappa shape index (κ1) is 13.3. The van der Waals surface area contributed by atoms with Gasteiger partial charge in [-0.1, -0.05) is 6.92 Å². The summed E-state index contributed by atoms with van der Waals surface area (Å²) in [4.78, 5) is 13.9. The van der Waals surface area contributed by atoms with Gasteiger partial charge in [0.15, 0.2) is 0 Å². The van der Waals surface area contributed by atoms with E-state index >= 15 is 0 Å². The van der Waals surface area contributed by atoms with Crippen LogP contribution in [-0.2, 0) is 4.74 Å². The molecule has 0 aromatic carbocycles. The highest BCUT2D eigenvalue weighted by molar-refractivity contribution is 5.68. The van der Waals surface area contributed by atoms with E-state index in [-0.39, 0.29) is 12.1 Å². The van der Waals surface area contributed by atoms with Gasteiger partial charge in [0.05, 0.1) is 0 Å². The van der Waals surface area contributed by atoms with Crippen molar-refractivity contribution in [2.75, 3.05) is 19.6 Å². The van der Waals surface area contributed by atoms with Crippen molar-refractivity contribution in [1.82, 2.24) is 10.2 Å². The average molecular weight is 228 g/mol. The number of nitrogens with zero attached hydrogens (tertiary/aromatic N) is 1. The smallest absolute Gasteiger partial charge is 0.410 e. The molecule has 0 spiro atoms. The van der Waals surface area contributed by atoms with Crippen LogP contribution >= 0.6 is 0 Å². The van der Waals surface area contributed by atoms with Gasteiger partial charge in [-0.2, -0.15) is 0 Å². The molecule has 0 aromatic heterocycles. The number of hydrogen-bond acceptors (Lipinski definition) is 3. The summed E-state index contributed by atoms with van der Waals surface area (Å²) in [6, 6.07) is 0.261. The van der Waals surface area contributed by atoms with Crippen LogP contribution < -0.4 is 5.32 Å². The molecule has 0 saturated carbocycles. The largest absolute Gasteiger partial charge is 0.444 e. The number of carbonyl (C=O) groups is 1. The van der Waals surface area contributed by atoms with E-state index in [4.69, 9.17) is 4.74 Å². The van der Waals surface area contributed by atoms with Crippen LogP contribution in [0.15, 0.2) is 0 Å². The van der Waals surface area contributed by atoms with E-state index in [1.165, 1.54) is 0 Å². The van der Waals surface area contributed by atoms with Crippen LogP contribution in [-0.4, -0.2) is 42.3 Å². The molecule has 0 bridgehead atoms. The molecule has 1 heterocycles. The molecule has 4 nitrogen and oxygen atoms in total. The van der Waals surface area contributed by atoms with Crippen molar-refractivity contribution in [2.45, 2.75) is 52.2 Å². The van der Waals surface area contributed by atoms with Gasteiger partial charge in [0.2, 0.25) is 0 Å². The number of carbonyl (C=O) groups excluding carboxylic acids is 1. The Morgan fingerprint density at radius 1 is 1.50 bits per heavy atom. The van der Waals surface area contributed by atoms with E-state index in [2.05, 4.69) is 12.2 Å². The van der Waals surface area contributed by atoms with Crippen LogP contribution in [0.4, 0.5) is 4.79 Å². The van der Waals surface area contributed by atoms with E-state index in [0.717, 1.165) is 32.5 Å². The lowest BCUT2D eigenvalue weighted by molar-refractivity contribution is 0.0173. The highest BCUT2D eigenvalue weighted by Crippen LogP contribution is 2.14. The lowest BCUT2D eigenvalue weighted by atomic mass is 10.2. The monoisotopic (exact) mass is 228 g/mol. The molecule has 94 valence electrons. The number of rotatable bonds is 1. The summed E-state index contributed by atoms with van der Waals surface area (Å²) < 4.78 is 5.42. The molecule has 0 aliphatic carbocycles. The van der Waals surface area contributed by atoms with Crippen molar-refractivity contribution in [3.8, 4) is 0 Å². The molecule has 4 heteroatoms. The quantitative estimate of drug-likeness (QED) is 0.746. The third-order valence-electron chi connectivity index (χ3n) is 2.67. The Labute approximate surface area is 98.3 Å². The first-order chi connectivity index (χ1) is 7.44. The number of amides is 1. The first-order valence-corrected chi connectivity index (χ1v) is 6.14. The molecule has 1 amide bonds. The molecule has 0 aromatic rings. The van der Waals surface area contributed by atoms with Crippen molar-refractivity contribution >= 4 is 6.09 Å². The van der Waals surface area contributed by atoms with Gasteiger partial charge in [-0.05, 0) is 40.2 Å². The van der Waals surface area contributed by atoms with Crippen molar-refractivity contribution in [1.29, 1.82) is 0 Å². The summed E-state index contributed by atoms with van der Waals surface area (Å²) in [6.07, 6.45) is 1.78. The van der Waals surface area contributed by atoms with E-state index in [1.807, 2.05) is 25.7 Å². The summed E-state index contributed by atoms with van der Waals surface area (Å²) in [7, 11) is 0. The average Bonchev–Trinajstić information content (AvgIpc) is 2.39. The fraction of sp³-hybridized carbons (Fsp3) is 0.917. The third kappa shape index (κ3) is 4.00. The number of ether oxygens (including phenoxy) is 1. The minimum Gasteiger partial charge on any atom is -0.444 e. The van der Waals surface area contributed by atoms with E-state index in [9.17, 15) is 4.79 Å². The topological polar surface area (TPSA) is 41.6 Å². The summed E-state index contributed by atoms with van der Waals surface area (Å²) in [5.74, 6) is 0. The predicted octanol–water partition coefficient (Wildman–Crippen LogP) is 2.00. The van der Waals surface area contributed by atoms with E-state index in [0.29, 0.717) is 0 Å². The molecular weight excluding hydrogens is 204 g/mol. The normalized spacial score (nSPS) is 22.8. The molecular formula is C12H24N2O2. The summed E-state index contributed by atoms with van der Waals surface area (Å²) in [5, 5.41) is 3.35. The zero-order chi connectivity index (χ0) is 12.2. The first-order valence-electron chi connectivity index (χ1n) is 6.14. The maximum atomic E-state index is 12.0. The molecule has 0 radical (unpaired) electrons. The summed E-state index contributed by atoms with van der Waals surface area (Å²) >= 11 is 0. The molecule has 1 atom stereocenters. The Morgan fingerprint density at radius 2 is 2.19 bits per heavy atom.